The van der Waals surface area contributed by atoms with Crippen LogP contribution >= 0.6 is 0 Å². The Balaban J connectivity index is 1.09. The van der Waals surface area contributed by atoms with Gasteiger partial charge in [0.05, 0.1) is 35.0 Å². The van der Waals surface area contributed by atoms with E-state index in [0.29, 0.717) is 13.1 Å². The van der Waals surface area contributed by atoms with Crippen LogP contribution in [0.15, 0.2) is 60.8 Å². The number of hydrogen-bond donors (Lipinski definition) is 2. The molecule has 2 aliphatic rings. The zero-order valence-corrected chi connectivity index (χ0v) is 28.6. The number of fused-ring (bicyclic) bond motifs is 2. The maximum Gasteiger partial charge on any atom is 0.410 e. The Bertz CT molecular complexity index is 2000. The number of carbonyl (C=O) groups is 2. The second-order valence-electron chi connectivity index (χ2n) is 15.0. The largest absolute Gasteiger partial charge is 0.444 e. The highest BCUT2D eigenvalue weighted by Crippen LogP contribution is 2.36. The van der Waals surface area contributed by atoms with E-state index in [2.05, 4.69) is 63.5 Å². The first-order chi connectivity index (χ1) is 22.8. The third-order valence-electron chi connectivity index (χ3n) is 8.97. The van der Waals surface area contributed by atoms with Crippen LogP contribution in [0, 0.1) is 0 Å². The topological polar surface area (TPSA) is 116 Å². The van der Waals surface area contributed by atoms with E-state index in [0.717, 1.165) is 81.5 Å². The zero-order valence-electron chi connectivity index (χ0n) is 28.6. The Morgan fingerprint density at radius 3 is 1.88 bits per heavy atom. The van der Waals surface area contributed by atoms with Crippen molar-refractivity contribution >= 4 is 34.0 Å². The van der Waals surface area contributed by atoms with Gasteiger partial charge in [-0.05, 0) is 113 Å². The number of nitrogens with one attached hydrogen (secondary N) is 2. The SMILES string of the molecule is CC(C)(C)OC(=O)N1CCCC1c1ncc(-c2ccc3cc(-c4ccc5nc(C6CCCN6C(=O)OC(C)(C)C)[nH]c5c4)ccc3c2)[nH]1. The van der Waals surface area contributed by atoms with E-state index in [1.165, 1.54) is 0 Å². The summed E-state index contributed by atoms with van der Waals surface area (Å²) < 4.78 is 11.3. The molecular weight excluding hydrogens is 604 g/mol. The molecule has 0 saturated carbocycles. The first kappa shape index (κ1) is 31.7. The van der Waals surface area contributed by atoms with Crippen LogP contribution in [0.3, 0.4) is 0 Å². The average molecular weight is 649 g/mol. The second kappa shape index (κ2) is 12.0. The molecule has 2 N–H and O–H groups in total. The molecule has 5 aromatic rings. The number of benzene rings is 3. The highest BCUT2D eigenvalue weighted by molar-refractivity contribution is 5.92. The van der Waals surface area contributed by atoms with Crippen LogP contribution in [0.4, 0.5) is 9.59 Å². The van der Waals surface area contributed by atoms with Gasteiger partial charge in [0.25, 0.3) is 0 Å². The fraction of sp³-hybridized carbons (Fsp3) is 0.421. The van der Waals surface area contributed by atoms with Gasteiger partial charge < -0.3 is 19.4 Å². The molecule has 0 spiro atoms. The van der Waals surface area contributed by atoms with Crippen molar-refractivity contribution in [1.82, 2.24) is 29.7 Å². The molecule has 4 heterocycles. The molecule has 7 rings (SSSR count). The van der Waals surface area contributed by atoms with Crippen molar-refractivity contribution in [2.24, 2.45) is 0 Å². The molecule has 250 valence electrons. The number of aromatic amines is 2. The Hall–Kier alpha value is -4.86. The van der Waals surface area contributed by atoms with Gasteiger partial charge in [0.1, 0.15) is 22.9 Å². The summed E-state index contributed by atoms with van der Waals surface area (Å²) in [4.78, 5) is 45.8. The third kappa shape index (κ3) is 6.48. The minimum Gasteiger partial charge on any atom is -0.444 e. The van der Waals surface area contributed by atoms with Gasteiger partial charge in [0.15, 0.2) is 0 Å². The number of nitrogens with zero attached hydrogens (tertiary/aromatic N) is 4. The molecule has 0 aliphatic carbocycles. The summed E-state index contributed by atoms with van der Waals surface area (Å²) in [6.45, 7) is 12.6. The van der Waals surface area contributed by atoms with E-state index in [1.807, 2.05) is 53.8 Å². The minimum absolute atomic E-state index is 0.123. The first-order valence-electron chi connectivity index (χ1n) is 16.9. The predicted molar refractivity (Wildman–Crippen MR) is 186 cm³/mol. The fourth-order valence-electron chi connectivity index (χ4n) is 6.79. The first-order valence-corrected chi connectivity index (χ1v) is 16.9. The summed E-state index contributed by atoms with van der Waals surface area (Å²) in [6, 6.07) is 18.9. The molecule has 48 heavy (non-hydrogen) atoms. The van der Waals surface area contributed by atoms with Crippen LogP contribution in [0.1, 0.15) is 91.0 Å². The Kier molecular flexibility index (Phi) is 7.92. The fourth-order valence-corrected chi connectivity index (χ4v) is 6.79. The number of carbonyl (C=O) groups excluding carboxylic acids is 2. The summed E-state index contributed by atoms with van der Waals surface area (Å²) in [6.07, 6.45) is 4.79. The summed E-state index contributed by atoms with van der Waals surface area (Å²) in [5.74, 6) is 1.58. The molecule has 2 aromatic heterocycles. The number of imidazole rings is 2. The van der Waals surface area contributed by atoms with Crippen molar-refractivity contribution in [2.45, 2.75) is 90.5 Å². The summed E-state index contributed by atoms with van der Waals surface area (Å²) in [7, 11) is 0. The molecule has 10 heteroatoms. The molecule has 2 atom stereocenters. The van der Waals surface area contributed by atoms with Gasteiger partial charge in [-0.1, -0.05) is 30.3 Å². The van der Waals surface area contributed by atoms with Crippen LogP contribution in [-0.2, 0) is 9.47 Å². The van der Waals surface area contributed by atoms with E-state index < -0.39 is 11.2 Å². The zero-order chi connectivity index (χ0) is 33.8. The summed E-state index contributed by atoms with van der Waals surface area (Å²) >= 11 is 0. The van der Waals surface area contributed by atoms with Crippen LogP contribution in [-0.4, -0.2) is 66.2 Å². The van der Waals surface area contributed by atoms with Crippen LogP contribution in [0.2, 0.25) is 0 Å². The van der Waals surface area contributed by atoms with Gasteiger partial charge in [-0.25, -0.2) is 19.6 Å². The number of H-pyrrole nitrogens is 2. The Labute approximate surface area is 280 Å². The van der Waals surface area contributed by atoms with Crippen LogP contribution in [0.25, 0.3) is 44.2 Å². The highest BCUT2D eigenvalue weighted by atomic mass is 16.6. The van der Waals surface area contributed by atoms with Gasteiger partial charge in [0, 0.05) is 18.7 Å². The molecular formula is C38H44N6O4. The number of ether oxygens (including phenoxy) is 2. The molecule has 2 saturated heterocycles. The lowest BCUT2D eigenvalue weighted by Gasteiger charge is -2.27. The van der Waals surface area contributed by atoms with Crippen molar-refractivity contribution in [1.29, 1.82) is 0 Å². The van der Waals surface area contributed by atoms with E-state index in [9.17, 15) is 9.59 Å². The van der Waals surface area contributed by atoms with Gasteiger partial charge in [-0.2, -0.15) is 0 Å². The number of rotatable bonds is 4. The maximum absolute atomic E-state index is 12.9. The summed E-state index contributed by atoms with van der Waals surface area (Å²) in [5, 5.41) is 2.25. The van der Waals surface area contributed by atoms with Gasteiger partial charge in [0.2, 0.25) is 0 Å². The second-order valence-corrected chi connectivity index (χ2v) is 15.0. The number of aromatic nitrogens is 4. The number of likely N-dealkylation sites (tertiary alicyclic amines) is 2. The molecule has 0 radical (unpaired) electrons. The molecule has 2 fully saturated rings. The molecule has 10 nitrogen and oxygen atoms in total. The smallest absolute Gasteiger partial charge is 0.410 e. The maximum atomic E-state index is 12.9. The quantitative estimate of drug-likeness (QED) is 0.201. The van der Waals surface area contributed by atoms with Crippen LogP contribution < -0.4 is 0 Å². The van der Waals surface area contributed by atoms with E-state index >= 15 is 0 Å². The standard InChI is InChI=1S/C38H44N6O4/c1-37(2,3)47-35(45)43-17-7-9-31(43)33-39-22-30(42-33)27-14-13-23-19-24(11-12-25(23)20-27)26-15-16-28-29(21-26)41-34(40-28)32-10-8-18-44(32)36(46)48-38(4,5)6/h11-16,19-22,31-32H,7-10,17-18H2,1-6H3,(H,39,42)(H,40,41). The molecule has 2 unspecified atom stereocenters. The predicted octanol–water partition coefficient (Wildman–Crippen LogP) is 8.92. The highest BCUT2D eigenvalue weighted by Gasteiger charge is 2.36. The lowest BCUT2D eigenvalue weighted by molar-refractivity contribution is 0.0208. The van der Waals surface area contributed by atoms with Gasteiger partial charge in [-0.15, -0.1) is 0 Å². The van der Waals surface area contributed by atoms with E-state index in [1.54, 1.807) is 9.80 Å². The van der Waals surface area contributed by atoms with Crippen molar-refractivity contribution < 1.29 is 19.1 Å². The molecule has 2 amide bonds. The van der Waals surface area contributed by atoms with Crippen LogP contribution in [0.5, 0.6) is 0 Å². The molecule has 0 bridgehead atoms. The van der Waals surface area contributed by atoms with E-state index in [4.69, 9.17) is 14.5 Å². The van der Waals surface area contributed by atoms with Crippen molar-refractivity contribution in [3.8, 4) is 22.4 Å². The number of hydrogen-bond acceptors (Lipinski definition) is 6. The average Bonchev–Trinajstić information content (AvgIpc) is 3.84. The van der Waals surface area contributed by atoms with Crippen molar-refractivity contribution in [2.75, 3.05) is 13.1 Å². The third-order valence-corrected chi connectivity index (χ3v) is 8.97. The number of amides is 2. The Morgan fingerprint density at radius 1 is 0.708 bits per heavy atom. The molecule has 2 aliphatic heterocycles. The minimum atomic E-state index is -0.542. The van der Waals surface area contributed by atoms with Crippen molar-refractivity contribution in [3.63, 3.8) is 0 Å². The van der Waals surface area contributed by atoms with Gasteiger partial charge in [-0.3, -0.25) is 9.80 Å². The van der Waals surface area contributed by atoms with Crippen molar-refractivity contribution in [3.05, 3.63) is 72.4 Å². The molecule has 3 aromatic carbocycles. The van der Waals surface area contributed by atoms with Gasteiger partial charge >= 0.3 is 12.2 Å². The van der Waals surface area contributed by atoms with E-state index in [-0.39, 0.29) is 24.3 Å². The Morgan fingerprint density at radius 2 is 1.25 bits per heavy atom. The summed E-state index contributed by atoms with van der Waals surface area (Å²) in [5.41, 5.74) is 4.88. The lowest BCUT2D eigenvalue weighted by Crippen LogP contribution is -2.36. The monoisotopic (exact) mass is 648 g/mol. The normalized spacial score (nSPS) is 18.6. The lowest BCUT2D eigenvalue weighted by atomic mass is 9.99.